The van der Waals surface area contributed by atoms with E-state index in [4.69, 9.17) is 18.9 Å². The van der Waals surface area contributed by atoms with E-state index in [1.165, 1.54) is 29.9 Å². The number of ether oxygens (including phenoxy) is 4. The van der Waals surface area contributed by atoms with Gasteiger partial charge >= 0.3 is 11.9 Å². The van der Waals surface area contributed by atoms with Crippen LogP contribution in [0.1, 0.15) is 65.9 Å². The first-order chi connectivity index (χ1) is 21.8. The number of benzene rings is 1. The molecule has 0 amide bonds. The van der Waals surface area contributed by atoms with Crippen LogP contribution in [0.15, 0.2) is 59.2 Å². The van der Waals surface area contributed by atoms with Crippen molar-refractivity contribution in [1.82, 2.24) is 0 Å². The van der Waals surface area contributed by atoms with Gasteiger partial charge in [-0.15, -0.1) is 0 Å². The lowest BCUT2D eigenvalue weighted by molar-refractivity contribution is -0.248. The van der Waals surface area contributed by atoms with Gasteiger partial charge in [0, 0.05) is 53.4 Å². The van der Waals surface area contributed by atoms with E-state index in [1.54, 1.807) is 6.08 Å². The first-order valence-corrected chi connectivity index (χ1v) is 16.7. The summed E-state index contributed by atoms with van der Waals surface area (Å²) in [5.74, 6) is -0.950. The monoisotopic (exact) mass is 630 g/mol. The van der Waals surface area contributed by atoms with Crippen molar-refractivity contribution in [1.29, 1.82) is 0 Å². The molecule has 246 valence electrons. The van der Waals surface area contributed by atoms with Gasteiger partial charge in [0.2, 0.25) is 0 Å². The highest BCUT2D eigenvalue weighted by molar-refractivity contribution is 5.93. The smallest absolute Gasteiger partial charge is 0.331 e. The third-order valence-corrected chi connectivity index (χ3v) is 13.0. The molecule has 1 N–H and O–H groups in total. The Morgan fingerprint density at radius 2 is 1.87 bits per heavy atom. The number of aliphatic hydroxyl groups is 1. The molecule has 0 bridgehead atoms. The number of allylic oxidation sites excluding steroid dienone is 3. The molecule has 6 aliphatic rings. The maximum absolute atomic E-state index is 13.5. The summed E-state index contributed by atoms with van der Waals surface area (Å²) in [5.41, 5.74) is 2.41. The standard InChI is InChI=1S/C38H46O8/c1-20-14-23(39)15-24(20)25-16-26-32(21(25)2)38(5)27(17-31(42)43-6)37(4)29(46-30(41)13-12-22-10-8-7-9-11-22)18-28(40)36(3)19-44-33(34(36)37)35(38)45-26/h7-13,15,20,25-29,33-35,40H,14,16-19H2,1-6H3/b13-12+/t20?,25-,26-,27-,28-,29+,33-,34+,35-,36-,37+,38-/m1/s1. The van der Waals surface area contributed by atoms with E-state index in [9.17, 15) is 19.5 Å². The first kappa shape index (κ1) is 31.5. The second kappa shape index (κ2) is 11.0. The summed E-state index contributed by atoms with van der Waals surface area (Å²) in [4.78, 5) is 39.2. The van der Waals surface area contributed by atoms with Gasteiger partial charge in [-0.2, -0.15) is 0 Å². The number of hydrogen-bond donors (Lipinski definition) is 1. The van der Waals surface area contributed by atoms with Crippen LogP contribution in [-0.2, 0) is 33.3 Å². The molecule has 0 radical (unpaired) electrons. The number of carbonyl (C=O) groups excluding carboxylic acids is 3. The molecule has 8 heteroatoms. The van der Waals surface area contributed by atoms with Crippen LogP contribution >= 0.6 is 0 Å². The molecule has 2 aliphatic heterocycles. The van der Waals surface area contributed by atoms with Gasteiger partial charge in [0.05, 0.1) is 38.1 Å². The van der Waals surface area contributed by atoms with Gasteiger partial charge in [0.25, 0.3) is 0 Å². The zero-order valence-corrected chi connectivity index (χ0v) is 27.7. The van der Waals surface area contributed by atoms with Crippen LogP contribution in [0.25, 0.3) is 6.08 Å². The zero-order valence-electron chi connectivity index (χ0n) is 27.7. The lowest BCUT2D eigenvalue weighted by atomic mass is 9.40. The predicted molar refractivity (Wildman–Crippen MR) is 170 cm³/mol. The van der Waals surface area contributed by atoms with Crippen molar-refractivity contribution >= 4 is 23.8 Å². The van der Waals surface area contributed by atoms with Crippen LogP contribution in [0.2, 0.25) is 0 Å². The number of esters is 2. The van der Waals surface area contributed by atoms with Crippen LogP contribution in [0.5, 0.6) is 0 Å². The molecule has 7 rings (SSSR count). The van der Waals surface area contributed by atoms with E-state index in [-0.39, 0.29) is 66.6 Å². The van der Waals surface area contributed by atoms with Crippen molar-refractivity contribution in [2.45, 2.75) is 90.8 Å². The van der Waals surface area contributed by atoms with E-state index in [0.29, 0.717) is 13.0 Å². The Hall–Kier alpha value is -3.07. The van der Waals surface area contributed by atoms with Crippen molar-refractivity contribution in [2.24, 2.45) is 39.9 Å². The summed E-state index contributed by atoms with van der Waals surface area (Å²) >= 11 is 0. The highest BCUT2D eigenvalue weighted by Gasteiger charge is 2.78. The molecule has 2 saturated carbocycles. The van der Waals surface area contributed by atoms with Gasteiger partial charge in [-0.05, 0) is 48.5 Å². The van der Waals surface area contributed by atoms with Gasteiger partial charge in [0.1, 0.15) is 6.10 Å². The second-order valence-electron chi connectivity index (χ2n) is 15.3. The molecule has 1 aromatic carbocycles. The predicted octanol–water partition coefficient (Wildman–Crippen LogP) is 5.24. The molecule has 2 saturated heterocycles. The fourth-order valence-electron chi connectivity index (χ4n) is 11.0. The molecule has 1 aromatic rings. The van der Waals surface area contributed by atoms with Crippen molar-refractivity contribution < 1.29 is 38.4 Å². The SMILES string of the molecule is COC(=O)C[C@H]1[C@]2(C)C3=C(C)[C@H](C4=CC(=O)CC4C)C[C@H]3O[C@@H]2[C@@H]2OC[C@]3(C)[C@H](O)C[C@H](OC(=O)/C=C/c4ccccc4)[C@@]1(C)[C@@H]23. The van der Waals surface area contributed by atoms with Crippen molar-refractivity contribution in [3.8, 4) is 0 Å². The Labute approximate surface area is 271 Å². The average molecular weight is 631 g/mol. The fraction of sp³-hybridized carbons (Fsp3) is 0.605. The quantitative estimate of drug-likeness (QED) is 0.258. The van der Waals surface area contributed by atoms with Crippen LogP contribution < -0.4 is 0 Å². The molecule has 0 spiro atoms. The molecule has 8 nitrogen and oxygen atoms in total. The summed E-state index contributed by atoms with van der Waals surface area (Å²) < 4.78 is 25.3. The Balaban J connectivity index is 1.34. The number of aliphatic hydroxyl groups excluding tert-OH is 1. The minimum Gasteiger partial charge on any atom is -0.469 e. The zero-order chi connectivity index (χ0) is 32.8. The second-order valence-corrected chi connectivity index (χ2v) is 15.3. The average Bonchev–Trinajstić information content (AvgIpc) is 3.74. The van der Waals surface area contributed by atoms with Gasteiger partial charge in [-0.25, -0.2) is 4.79 Å². The molecular weight excluding hydrogens is 584 g/mol. The number of carbonyl (C=O) groups is 3. The number of fused-ring (bicyclic) bond motifs is 4. The van der Waals surface area contributed by atoms with Crippen LogP contribution in [0.4, 0.5) is 0 Å². The Morgan fingerprint density at radius 3 is 2.54 bits per heavy atom. The van der Waals surface area contributed by atoms with E-state index in [1.807, 2.05) is 36.4 Å². The maximum atomic E-state index is 13.5. The largest absolute Gasteiger partial charge is 0.469 e. The number of ketones is 1. The molecule has 1 unspecified atom stereocenters. The van der Waals surface area contributed by atoms with Crippen molar-refractivity contribution in [2.75, 3.05) is 13.7 Å². The third kappa shape index (κ3) is 4.39. The Morgan fingerprint density at radius 1 is 1.13 bits per heavy atom. The molecule has 2 heterocycles. The minimum atomic E-state index is -0.769. The summed E-state index contributed by atoms with van der Waals surface area (Å²) in [6.45, 7) is 11.0. The normalized spacial score (nSPS) is 44.2. The highest BCUT2D eigenvalue weighted by atomic mass is 16.6. The Bertz CT molecular complexity index is 1540. The van der Waals surface area contributed by atoms with E-state index >= 15 is 0 Å². The lowest BCUT2D eigenvalue weighted by Gasteiger charge is -2.65. The van der Waals surface area contributed by atoms with E-state index in [0.717, 1.165) is 12.0 Å². The molecule has 0 aromatic heterocycles. The summed E-state index contributed by atoms with van der Waals surface area (Å²) in [5, 5.41) is 11.7. The van der Waals surface area contributed by atoms with Crippen molar-refractivity contribution in [3.05, 3.63) is 64.8 Å². The van der Waals surface area contributed by atoms with Gasteiger partial charge in [-0.3, -0.25) is 9.59 Å². The minimum absolute atomic E-state index is 0.100. The van der Waals surface area contributed by atoms with Crippen LogP contribution in [0.3, 0.4) is 0 Å². The van der Waals surface area contributed by atoms with Gasteiger partial charge in [0.15, 0.2) is 5.78 Å². The van der Waals surface area contributed by atoms with Gasteiger partial charge < -0.3 is 24.1 Å². The third-order valence-electron chi connectivity index (χ3n) is 13.0. The molecule has 4 aliphatic carbocycles. The van der Waals surface area contributed by atoms with E-state index < -0.39 is 34.4 Å². The van der Waals surface area contributed by atoms with Crippen LogP contribution in [-0.4, -0.2) is 67.1 Å². The molecular formula is C38H46O8. The molecule has 12 atom stereocenters. The summed E-state index contributed by atoms with van der Waals surface area (Å²) in [6, 6.07) is 9.56. The Kier molecular flexibility index (Phi) is 7.54. The maximum Gasteiger partial charge on any atom is 0.331 e. The lowest BCUT2D eigenvalue weighted by Crippen LogP contribution is -2.70. The molecule has 46 heavy (non-hydrogen) atoms. The summed E-state index contributed by atoms with van der Waals surface area (Å²) in [7, 11) is 1.41. The van der Waals surface area contributed by atoms with E-state index in [2.05, 4.69) is 34.6 Å². The first-order valence-electron chi connectivity index (χ1n) is 16.7. The van der Waals surface area contributed by atoms with Crippen LogP contribution in [0, 0.1) is 39.9 Å². The van der Waals surface area contributed by atoms with Gasteiger partial charge in [-0.1, -0.05) is 69.2 Å². The topological polar surface area (TPSA) is 108 Å². The summed E-state index contributed by atoms with van der Waals surface area (Å²) in [6.07, 6.45) is 4.28. The fourth-order valence-corrected chi connectivity index (χ4v) is 11.0. The van der Waals surface area contributed by atoms with Crippen molar-refractivity contribution in [3.63, 3.8) is 0 Å². The number of methoxy groups -OCH3 is 1. The number of rotatable bonds is 6. The highest BCUT2D eigenvalue weighted by Crippen LogP contribution is 2.73. The number of hydrogen-bond acceptors (Lipinski definition) is 8. The molecule has 4 fully saturated rings.